The first kappa shape index (κ1) is 13.2. The van der Waals surface area contributed by atoms with Crippen molar-refractivity contribution < 1.29 is 9.53 Å². The summed E-state index contributed by atoms with van der Waals surface area (Å²) in [5.41, 5.74) is 11.9. The number of carbonyl (C=O) groups is 1. The number of amides is 1. The first-order valence-electron chi connectivity index (χ1n) is 5.49. The Hall–Kier alpha value is -2.27. The van der Waals surface area contributed by atoms with Crippen molar-refractivity contribution in [1.29, 1.82) is 0 Å². The standard InChI is InChI=1S/C13H12ClN3O2/c14-10-6-8(13(16)18)3-4-9(10)7-19-11-2-1-5-17-12(11)15/h1-6H,7H2,(H2,15,17)(H2,16,18). The van der Waals surface area contributed by atoms with E-state index in [0.29, 0.717) is 22.2 Å². The smallest absolute Gasteiger partial charge is 0.248 e. The van der Waals surface area contributed by atoms with Crippen LogP contribution in [-0.4, -0.2) is 10.9 Å². The molecule has 19 heavy (non-hydrogen) atoms. The third kappa shape index (κ3) is 3.14. The van der Waals surface area contributed by atoms with E-state index in [1.54, 1.807) is 30.5 Å². The Kier molecular flexibility index (Phi) is 3.87. The molecule has 0 saturated heterocycles. The highest BCUT2D eigenvalue weighted by molar-refractivity contribution is 6.31. The fourth-order valence-electron chi connectivity index (χ4n) is 1.50. The second-order valence-electron chi connectivity index (χ2n) is 3.85. The second kappa shape index (κ2) is 5.58. The molecule has 0 aliphatic carbocycles. The number of nitrogens with two attached hydrogens (primary N) is 2. The summed E-state index contributed by atoms with van der Waals surface area (Å²) in [6.45, 7) is 0.230. The van der Waals surface area contributed by atoms with Crippen molar-refractivity contribution in [2.75, 3.05) is 5.73 Å². The lowest BCUT2D eigenvalue weighted by Gasteiger charge is -2.09. The lowest BCUT2D eigenvalue weighted by molar-refractivity contribution is 0.1000. The minimum atomic E-state index is -0.522. The molecule has 2 rings (SSSR count). The van der Waals surface area contributed by atoms with Gasteiger partial charge in [0, 0.05) is 22.3 Å². The van der Waals surface area contributed by atoms with E-state index in [9.17, 15) is 4.79 Å². The van der Waals surface area contributed by atoms with E-state index in [4.69, 9.17) is 27.8 Å². The normalized spacial score (nSPS) is 10.2. The summed E-state index contributed by atoms with van der Waals surface area (Å²) in [6.07, 6.45) is 1.58. The second-order valence-corrected chi connectivity index (χ2v) is 4.25. The molecule has 0 spiro atoms. The van der Waals surface area contributed by atoms with Crippen molar-refractivity contribution in [2.45, 2.75) is 6.61 Å². The van der Waals surface area contributed by atoms with Crippen molar-refractivity contribution >= 4 is 23.3 Å². The van der Waals surface area contributed by atoms with E-state index in [0.717, 1.165) is 5.56 Å². The minimum Gasteiger partial charge on any atom is -0.485 e. The van der Waals surface area contributed by atoms with Crippen molar-refractivity contribution in [3.63, 3.8) is 0 Å². The molecule has 1 amide bonds. The molecule has 1 aromatic heterocycles. The summed E-state index contributed by atoms with van der Waals surface area (Å²) in [7, 11) is 0. The third-order valence-corrected chi connectivity index (χ3v) is 2.87. The molecule has 1 aromatic carbocycles. The Labute approximate surface area is 115 Å². The molecule has 0 aliphatic heterocycles. The van der Waals surface area contributed by atoms with Crippen LogP contribution in [0.25, 0.3) is 0 Å². The number of hydrogen-bond donors (Lipinski definition) is 2. The lowest BCUT2D eigenvalue weighted by atomic mass is 10.1. The van der Waals surface area contributed by atoms with Gasteiger partial charge in [-0.2, -0.15) is 0 Å². The molecule has 0 saturated carbocycles. The molecular weight excluding hydrogens is 266 g/mol. The van der Waals surface area contributed by atoms with Gasteiger partial charge in [-0.1, -0.05) is 17.7 Å². The molecule has 6 heteroatoms. The number of hydrogen-bond acceptors (Lipinski definition) is 4. The van der Waals surface area contributed by atoms with Crippen LogP contribution in [0.2, 0.25) is 5.02 Å². The van der Waals surface area contributed by atoms with Gasteiger partial charge in [0.2, 0.25) is 5.91 Å². The SMILES string of the molecule is NC(=O)c1ccc(COc2cccnc2N)c(Cl)c1. The van der Waals surface area contributed by atoms with Gasteiger partial charge in [-0.05, 0) is 24.3 Å². The van der Waals surface area contributed by atoms with Gasteiger partial charge in [0.25, 0.3) is 0 Å². The van der Waals surface area contributed by atoms with Gasteiger partial charge in [0.1, 0.15) is 6.61 Å². The predicted octanol–water partition coefficient (Wildman–Crippen LogP) is 2.00. The molecule has 0 bridgehead atoms. The zero-order valence-corrected chi connectivity index (χ0v) is 10.7. The highest BCUT2D eigenvalue weighted by Gasteiger charge is 2.07. The van der Waals surface area contributed by atoms with E-state index in [1.165, 1.54) is 6.07 Å². The Bertz CT molecular complexity index is 617. The number of nitrogen functional groups attached to an aromatic ring is 1. The van der Waals surface area contributed by atoms with Crippen LogP contribution in [-0.2, 0) is 6.61 Å². The van der Waals surface area contributed by atoms with Gasteiger partial charge in [-0.25, -0.2) is 4.98 Å². The summed E-state index contributed by atoms with van der Waals surface area (Å²) in [5, 5.41) is 0.416. The van der Waals surface area contributed by atoms with Gasteiger partial charge in [0.05, 0.1) is 0 Å². The molecule has 1 heterocycles. The van der Waals surface area contributed by atoms with Gasteiger partial charge in [0.15, 0.2) is 11.6 Å². The van der Waals surface area contributed by atoms with E-state index >= 15 is 0 Å². The number of carbonyl (C=O) groups excluding carboxylic acids is 1. The van der Waals surface area contributed by atoms with Crippen LogP contribution in [0.3, 0.4) is 0 Å². The topological polar surface area (TPSA) is 91.2 Å². The first-order chi connectivity index (χ1) is 9.08. The first-order valence-corrected chi connectivity index (χ1v) is 5.87. The van der Waals surface area contributed by atoms with Crippen LogP contribution < -0.4 is 16.2 Å². The third-order valence-electron chi connectivity index (χ3n) is 2.52. The molecule has 98 valence electrons. The molecule has 0 radical (unpaired) electrons. The lowest BCUT2D eigenvalue weighted by Crippen LogP contribution is -2.11. The molecule has 0 unspecified atom stereocenters. The number of primary amides is 1. The van der Waals surface area contributed by atoms with Crippen molar-refractivity contribution in [2.24, 2.45) is 5.73 Å². The van der Waals surface area contributed by atoms with Crippen LogP contribution in [0.1, 0.15) is 15.9 Å². The summed E-state index contributed by atoms with van der Waals surface area (Å²) in [6, 6.07) is 8.24. The Morgan fingerprint density at radius 2 is 2.16 bits per heavy atom. The molecule has 2 aromatic rings. The quantitative estimate of drug-likeness (QED) is 0.894. The van der Waals surface area contributed by atoms with Crippen LogP contribution >= 0.6 is 11.6 Å². The van der Waals surface area contributed by atoms with E-state index in [2.05, 4.69) is 4.98 Å². The largest absolute Gasteiger partial charge is 0.485 e. The summed E-state index contributed by atoms with van der Waals surface area (Å²) < 4.78 is 5.52. The maximum Gasteiger partial charge on any atom is 0.248 e. The number of benzene rings is 1. The number of nitrogens with zero attached hydrogens (tertiary/aromatic N) is 1. The van der Waals surface area contributed by atoms with Crippen LogP contribution in [0.4, 0.5) is 5.82 Å². The Morgan fingerprint density at radius 1 is 1.37 bits per heavy atom. The van der Waals surface area contributed by atoms with Gasteiger partial charge in [-0.15, -0.1) is 0 Å². The number of halogens is 1. The highest BCUT2D eigenvalue weighted by Crippen LogP contribution is 2.22. The van der Waals surface area contributed by atoms with Gasteiger partial charge in [-0.3, -0.25) is 4.79 Å². The molecule has 5 nitrogen and oxygen atoms in total. The average molecular weight is 278 g/mol. The monoisotopic (exact) mass is 277 g/mol. The van der Waals surface area contributed by atoms with Crippen molar-refractivity contribution in [1.82, 2.24) is 4.98 Å². The fourth-order valence-corrected chi connectivity index (χ4v) is 1.73. The molecule has 0 aliphatic rings. The maximum atomic E-state index is 11.0. The maximum absolute atomic E-state index is 11.0. The van der Waals surface area contributed by atoms with E-state index in [-0.39, 0.29) is 6.61 Å². The van der Waals surface area contributed by atoms with Crippen LogP contribution in [0.15, 0.2) is 36.5 Å². The van der Waals surface area contributed by atoms with Crippen molar-refractivity contribution in [3.8, 4) is 5.75 Å². The minimum absolute atomic E-state index is 0.230. The summed E-state index contributed by atoms with van der Waals surface area (Å²) >= 11 is 6.04. The zero-order valence-electron chi connectivity index (χ0n) is 9.97. The molecule has 4 N–H and O–H groups in total. The predicted molar refractivity (Wildman–Crippen MR) is 73.0 cm³/mol. The number of pyridine rings is 1. The summed E-state index contributed by atoms with van der Waals surface area (Å²) in [5.74, 6) is 0.274. The molecule has 0 atom stereocenters. The Morgan fingerprint density at radius 3 is 2.79 bits per heavy atom. The molecule has 0 fully saturated rings. The average Bonchev–Trinajstić information content (AvgIpc) is 2.39. The van der Waals surface area contributed by atoms with Crippen molar-refractivity contribution in [3.05, 3.63) is 52.7 Å². The van der Waals surface area contributed by atoms with Gasteiger partial charge < -0.3 is 16.2 Å². The van der Waals surface area contributed by atoms with Gasteiger partial charge >= 0.3 is 0 Å². The number of ether oxygens (including phenoxy) is 1. The number of anilines is 1. The van der Waals surface area contributed by atoms with Crippen LogP contribution in [0, 0.1) is 0 Å². The van der Waals surface area contributed by atoms with Crippen LogP contribution in [0.5, 0.6) is 5.75 Å². The summed E-state index contributed by atoms with van der Waals surface area (Å²) in [4.78, 5) is 14.9. The fraction of sp³-hybridized carbons (Fsp3) is 0.0769. The van der Waals surface area contributed by atoms with E-state index in [1.807, 2.05) is 0 Å². The highest BCUT2D eigenvalue weighted by atomic mass is 35.5. The number of aromatic nitrogens is 1. The zero-order chi connectivity index (χ0) is 13.8. The number of rotatable bonds is 4. The van der Waals surface area contributed by atoms with E-state index < -0.39 is 5.91 Å². The Balaban J connectivity index is 2.12. The molecular formula is C13H12ClN3O2.